The normalized spacial score (nSPS) is 10.8. The van der Waals surface area contributed by atoms with Crippen molar-refractivity contribution < 1.29 is 9.15 Å². The molecule has 1 heterocycles. The van der Waals surface area contributed by atoms with Crippen molar-refractivity contribution in [1.82, 2.24) is 4.98 Å². The van der Waals surface area contributed by atoms with E-state index in [1.54, 1.807) is 7.11 Å². The summed E-state index contributed by atoms with van der Waals surface area (Å²) in [5.41, 5.74) is 9.74. The summed E-state index contributed by atoms with van der Waals surface area (Å²) in [4.78, 5) is 4.40. The van der Waals surface area contributed by atoms with Crippen LogP contribution in [0, 0.1) is 20.8 Å². The summed E-state index contributed by atoms with van der Waals surface area (Å²) in [6.45, 7) is 6.61. The number of methoxy groups -OCH3 is 1. The van der Waals surface area contributed by atoms with Gasteiger partial charge in [0.25, 0.3) is 0 Å². The zero-order valence-corrected chi connectivity index (χ0v) is 11.9. The fraction of sp³-hybridized carbons (Fsp3) is 0.400. The molecule has 0 fully saturated rings. The largest absolute Gasteiger partial charge is 0.496 e. The minimum absolute atomic E-state index is 0.531. The second kappa shape index (κ2) is 5.45. The van der Waals surface area contributed by atoms with Crippen LogP contribution in [-0.2, 0) is 6.42 Å². The third-order valence-electron chi connectivity index (χ3n) is 3.26. The molecule has 19 heavy (non-hydrogen) atoms. The third kappa shape index (κ3) is 2.63. The van der Waals surface area contributed by atoms with E-state index in [2.05, 4.69) is 24.9 Å². The molecule has 0 amide bonds. The lowest BCUT2D eigenvalue weighted by atomic mass is 10.0. The molecular formula is C15H20N2O2. The molecule has 0 saturated heterocycles. The van der Waals surface area contributed by atoms with Crippen LogP contribution in [0.5, 0.6) is 5.75 Å². The Kier molecular flexibility index (Phi) is 3.90. The first-order chi connectivity index (χ1) is 9.06. The van der Waals surface area contributed by atoms with Gasteiger partial charge in [-0.15, -0.1) is 0 Å². The molecule has 0 spiro atoms. The van der Waals surface area contributed by atoms with Crippen LogP contribution in [-0.4, -0.2) is 18.6 Å². The Balaban J connectivity index is 2.54. The zero-order chi connectivity index (χ0) is 14.0. The summed E-state index contributed by atoms with van der Waals surface area (Å²) in [5.74, 6) is 2.25. The van der Waals surface area contributed by atoms with Gasteiger partial charge >= 0.3 is 0 Å². The van der Waals surface area contributed by atoms with Gasteiger partial charge in [0.1, 0.15) is 5.75 Å². The van der Waals surface area contributed by atoms with Gasteiger partial charge in [-0.1, -0.05) is 0 Å². The Labute approximate surface area is 113 Å². The molecule has 0 aliphatic rings. The summed E-state index contributed by atoms with van der Waals surface area (Å²) < 4.78 is 11.3. The maximum Gasteiger partial charge on any atom is 0.196 e. The summed E-state index contributed by atoms with van der Waals surface area (Å²) in [6, 6.07) is 4.10. The number of aryl methyl sites for hydroxylation is 3. The summed E-state index contributed by atoms with van der Waals surface area (Å²) in [7, 11) is 1.67. The van der Waals surface area contributed by atoms with E-state index in [-0.39, 0.29) is 0 Å². The van der Waals surface area contributed by atoms with Crippen molar-refractivity contribution in [2.45, 2.75) is 27.2 Å². The minimum atomic E-state index is 0.531. The van der Waals surface area contributed by atoms with Crippen LogP contribution < -0.4 is 10.5 Å². The van der Waals surface area contributed by atoms with Crippen molar-refractivity contribution in [2.24, 2.45) is 5.73 Å². The van der Waals surface area contributed by atoms with E-state index in [0.29, 0.717) is 18.9 Å². The van der Waals surface area contributed by atoms with Gasteiger partial charge in [0, 0.05) is 13.0 Å². The standard InChI is InChI=1S/C15H20N2O2/c1-9-7-12(13(18-4)8-10(9)2)15-11(3)17-14(19-15)5-6-16/h7-8H,5-6,16H2,1-4H3. The van der Waals surface area contributed by atoms with Crippen molar-refractivity contribution in [1.29, 1.82) is 0 Å². The summed E-state index contributed by atoms with van der Waals surface area (Å²) in [5, 5.41) is 0. The van der Waals surface area contributed by atoms with Crippen molar-refractivity contribution >= 4 is 0 Å². The zero-order valence-electron chi connectivity index (χ0n) is 11.9. The molecule has 0 unspecified atom stereocenters. The molecule has 2 aromatic rings. The van der Waals surface area contributed by atoms with Crippen LogP contribution in [0.1, 0.15) is 22.7 Å². The molecule has 4 nitrogen and oxygen atoms in total. The molecule has 102 valence electrons. The van der Waals surface area contributed by atoms with E-state index in [0.717, 1.165) is 22.8 Å². The van der Waals surface area contributed by atoms with Crippen LogP contribution in [0.25, 0.3) is 11.3 Å². The smallest absolute Gasteiger partial charge is 0.196 e. The third-order valence-corrected chi connectivity index (χ3v) is 3.26. The predicted octanol–water partition coefficient (Wildman–Crippen LogP) is 2.78. The highest BCUT2D eigenvalue weighted by Crippen LogP contribution is 2.35. The highest BCUT2D eigenvalue weighted by Gasteiger charge is 2.16. The Morgan fingerprint density at radius 2 is 1.89 bits per heavy atom. The fourth-order valence-corrected chi connectivity index (χ4v) is 2.07. The van der Waals surface area contributed by atoms with Crippen molar-refractivity contribution in [3.05, 3.63) is 34.8 Å². The van der Waals surface area contributed by atoms with E-state index >= 15 is 0 Å². The van der Waals surface area contributed by atoms with E-state index in [9.17, 15) is 0 Å². The van der Waals surface area contributed by atoms with E-state index < -0.39 is 0 Å². The summed E-state index contributed by atoms with van der Waals surface area (Å²) >= 11 is 0. The molecular weight excluding hydrogens is 240 g/mol. The Hall–Kier alpha value is -1.81. The van der Waals surface area contributed by atoms with Crippen molar-refractivity contribution in [2.75, 3.05) is 13.7 Å². The van der Waals surface area contributed by atoms with Crippen molar-refractivity contribution in [3.63, 3.8) is 0 Å². The SMILES string of the molecule is COc1cc(C)c(C)cc1-c1oc(CCN)nc1C. The summed E-state index contributed by atoms with van der Waals surface area (Å²) in [6.07, 6.45) is 0.647. The number of nitrogens with two attached hydrogens (primary N) is 1. The van der Waals surface area contributed by atoms with Crippen LogP contribution >= 0.6 is 0 Å². The molecule has 0 aliphatic carbocycles. The number of ether oxygens (including phenoxy) is 1. The Bertz CT molecular complexity index is 588. The molecule has 0 bridgehead atoms. The van der Waals surface area contributed by atoms with E-state index in [1.807, 2.05) is 13.0 Å². The number of hydrogen-bond acceptors (Lipinski definition) is 4. The number of benzene rings is 1. The molecule has 4 heteroatoms. The molecule has 2 N–H and O–H groups in total. The first-order valence-corrected chi connectivity index (χ1v) is 6.38. The molecule has 0 aliphatic heterocycles. The van der Waals surface area contributed by atoms with Crippen molar-refractivity contribution in [3.8, 4) is 17.1 Å². The number of hydrogen-bond donors (Lipinski definition) is 1. The topological polar surface area (TPSA) is 61.3 Å². The number of aromatic nitrogens is 1. The monoisotopic (exact) mass is 260 g/mol. The highest BCUT2D eigenvalue weighted by molar-refractivity contribution is 5.69. The van der Waals surface area contributed by atoms with Crippen LogP contribution in [0.3, 0.4) is 0 Å². The number of oxazole rings is 1. The highest BCUT2D eigenvalue weighted by atomic mass is 16.5. The molecule has 0 saturated carbocycles. The second-order valence-electron chi connectivity index (χ2n) is 4.70. The lowest BCUT2D eigenvalue weighted by Crippen LogP contribution is -2.02. The molecule has 1 aromatic heterocycles. The van der Waals surface area contributed by atoms with Gasteiger partial charge in [0.05, 0.1) is 18.4 Å². The first-order valence-electron chi connectivity index (χ1n) is 6.38. The quantitative estimate of drug-likeness (QED) is 0.918. The Morgan fingerprint density at radius 3 is 2.53 bits per heavy atom. The minimum Gasteiger partial charge on any atom is -0.496 e. The lowest BCUT2D eigenvalue weighted by Gasteiger charge is -2.10. The predicted molar refractivity (Wildman–Crippen MR) is 75.5 cm³/mol. The molecule has 2 rings (SSSR count). The number of rotatable bonds is 4. The van der Waals surface area contributed by atoms with E-state index in [4.69, 9.17) is 14.9 Å². The average molecular weight is 260 g/mol. The fourth-order valence-electron chi connectivity index (χ4n) is 2.07. The maximum absolute atomic E-state index is 5.81. The molecule has 1 aromatic carbocycles. The van der Waals surface area contributed by atoms with Gasteiger partial charge in [0.2, 0.25) is 0 Å². The average Bonchev–Trinajstić information content (AvgIpc) is 2.73. The first kappa shape index (κ1) is 13.6. The van der Waals surface area contributed by atoms with Gasteiger partial charge < -0.3 is 14.9 Å². The Morgan fingerprint density at radius 1 is 1.21 bits per heavy atom. The van der Waals surface area contributed by atoms with Gasteiger partial charge in [-0.05, 0) is 44.0 Å². The second-order valence-corrected chi connectivity index (χ2v) is 4.70. The van der Waals surface area contributed by atoms with Gasteiger partial charge in [-0.3, -0.25) is 0 Å². The van der Waals surface area contributed by atoms with Gasteiger partial charge in [0.15, 0.2) is 11.7 Å². The number of nitrogens with zero attached hydrogens (tertiary/aromatic N) is 1. The van der Waals surface area contributed by atoms with Gasteiger partial charge in [-0.25, -0.2) is 4.98 Å². The van der Waals surface area contributed by atoms with E-state index in [1.165, 1.54) is 11.1 Å². The maximum atomic E-state index is 5.81. The lowest BCUT2D eigenvalue weighted by molar-refractivity contribution is 0.413. The van der Waals surface area contributed by atoms with Crippen LogP contribution in [0.2, 0.25) is 0 Å². The molecule has 0 radical (unpaired) electrons. The molecule has 0 atom stereocenters. The van der Waals surface area contributed by atoms with Gasteiger partial charge in [-0.2, -0.15) is 0 Å². The van der Waals surface area contributed by atoms with Crippen LogP contribution in [0.15, 0.2) is 16.5 Å². The van der Waals surface area contributed by atoms with Crippen LogP contribution in [0.4, 0.5) is 0 Å².